The number of amides is 1. The van der Waals surface area contributed by atoms with Crippen LogP contribution in [0.5, 0.6) is 0 Å². The van der Waals surface area contributed by atoms with Crippen LogP contribution < -0.4 is 11.1 Å². The maximum Gasteiger partial charge on any atom is 0.255 e. The van der Waals surface area contributed by atoms with Crippen molar-refractivity contribution in [2.75, 3.05) is 5.32 Å². The summed E-state index contributed by atoms with van der Waals surface area (Å²) in [5, 5.41) is 5.54. The van der Waals surface area contributed by atoms with E-state index in [1.165, 1.54) is 21.9 Å². The fourth-order valence-electron chi connectivity index (χ4n) is 5.17. The Labute approximate surface area is 223 Å². The summed E-state index contributed by atoms with van der Waals surface area (Å²) in [6.07, 6.45) is 1.83. The first-order valence-corrected chi connectivity index (χ1v) is 12.4. The number of carbonyl (C=O) groups is 1. The third-order valence-electron chi connectivity index (χ3n) is 7.27. The summed E-state index contributed by atoms with van der Waals surface area (Å²) < 4.78 is 0. The van der Waals surface area contributed by atoms with Crippen LogP contribution in [-0.4, -0.2) is 11.4 Å². The van der Waals surface area contributed by atoms with Crippen molar-refractivity contribution in [2.24, 2.45) is 5.73 Å². The maximum atomic E-state index is 12.9. The van der Waals surface area contributed by atoms with E-state index in [0.29, 0.717) is 11.5 Å². The number of hydrogen-bond acceptors (Lipinski definition) is 2. The van der Waals surface area contributed by atoms with Gasteiger partial charge in [-0.25, -0.2) is 0 Å². The predicted molar refractivity (Wildman–Crippen MR) is 155 cm³/mol. The molecule has 5 aromatic carbocycles. The van der Waals surface area contributed by atoms with E-state index in [2.05, 4.69) is 59.9 Å². The number of halogens is 1. The minimum Gasteiger partial charge on any atom is -0.324 e. The van der Waals surface area contributed by atoms with Crippen molar-refractivity contribution >= 4 is 34.8 Å². The number of fused-ring (bicyclic) bond motifs is 1. The Bertz CT molecular complexity index is 1550. The number of hydrogen-bond donors (Lipinski definition) is 2. The van der Waals surface area contributed by atoms with Crippen molar-refractivity contribution in [1.82, 2.24) is 0 Å². The summed E-state index contributed by atoms with van der Waals surface area (Å²) in [5.41, 5.74) is 12.6. The van der Waals surface area contributed by atoms with Crippen LogP contribution in [0.4, 0.5) is 5.69 Å². The molecule has 1 fully saturated rings. The van der Waals surface area contributed by atoms with Crippen molar-refractivity contribution in [3.8, 4) is 11.1 Å². The lowest BCUT2D eigenvalue weighted by Crippen LogP contribution is -2.27. The molecular formula is C33H29ClN2O. The second-order valence-electron chi connectivity index (χ2n) is 9.87. The van der Waals surface area contributed by atoms with Gasteiger partial charge in [0.05, 0.1) is 0 Å². The van der Waals surface area contributed by atoms with Crippen molar-refractivity contribution in [2.45, 2.75) is 24.3 Å². The Morgan fingerprint density at radius 2 is 1.46 bits per heavy atom. The summed E-state index contributed by atoms with van der Waals surface area (Å²) in [5.74, 6) is 0.215. The van der Waals surface area contributed by atoms with Gasteiger partial charge < -0.3 is 11.1 Å². The van der Waals surface area contributed by atoms with E-state index >= 15 is 0 Å². The molecule has 0 aliphatic heterocycles. The molecule has 184 valence electrons. The average Bonchev–Trinajstić information content (AvgIpc) is 3.59. The largest absolute Gasteiger partial charge is 0.324 e. The first-order valence-electron chi connectivity index (χ1n) is 12.4. The zero-order valence-corrected chi connectivity index (χ0v) is 21.2. The Morgan fingerprint density at radius 1 is 0.757 bits per heavy atom. The van der Waals surface area contributed by atoms with Gasteiger partial charge in [-0.15, -0.1) is 12.4 Å². The molecule has 4 heteroatoms. The summed E-state index contributed by atoms with van der Waals surface area (Å²) in [7, 11) is 0. The van der Waals surface area contributed by atoms with Crippen LogP contribution >= 0.6 is 12.4 Å². The third kappa shape index (κ3) is 5.29. The van der Waals surface area contributed by atoms with Gasteiger partial charge in [0.25, 0.3) is 5.91 Å². The lowest BCUT2D eigenvalue weighted by molar-refractivity contribution is 0.102. The van der Waals surface area contributed by atoms with Crippen LogP contribution in [0.1, 0.15) is 33.8 Å². The topological polar surface area (TPSA) is 55.1 Å². The third-order valence-corrected chi connectivity index (χ3v) is 7.27. The standard InChI is InChI=1S/C33H28N2O.ClH/c34-33(21-23-13-14-25-9-4-5-10-27(25)19-23)22-31(33)26-15-17-30(18-16-26)35-32(36)29-12-6-11-28(20-29)24-7-2-1-3-8-24;/h1-20,31H,21-22,34H2,(H,35,36);1H/t31-,33-;/m0./s1. The highest BCUT2D eigenvalue weighted by Crippen LogP contribution is 2.51. The number of anilines is 1. The minimum atomic E-state index is -0.217. The predicted octanol–water partition coefficient (Wildman–Crippen LogP) is 7.61. The van der Waals surface area contributed by atoms with Crippen molar-refractivity contribution in [1.29, 1.82) is 0 Å². The number of nitrogens with one attached hydrogen (secondary N) is 1. The SMILES string of the molecule is Cl.N[C@@]1(Cc2ccc3ccccc3c2)C[C@H]1c1ccc(NC(=O)c2cccc(-c3ccccc3)c2)cc1. The molecule has 3 N–H and O–H groups in total. The van der Waals surface area contributed by atoms with Gasteiger partial charge >= 0.3 is 0 Å². The number of nitrogens with two attached hydrogens (primary N) is 1. The molecule has 0 spiro atoms. The summed E-state index contributed by atoms with van der Waals surface area (Å²) >= 11 is 0. The zero-order chi connectivity index (χ0) is 24.5. The number of carbonyl (C=O) groups excluding carboxylic acids is 1. The lowest BCUT2D eigenvalue weighted by Gasteiger charge is -2.13. The van der Waals surface area contributed by atoms with E-state index in [1.807, 2.05) is 66.7 Å². The van der Waals surface area contributed by atoms with E-state index < -0.39 is 0 Å². The quantitative estimate of drug-likeness (QED) is 0.250. The van der Waals surface area contributed by atoms with Crippen LogP contribution in [0.3, 0.4) is 0 Å². The van der Waals surface area contributed by atoms with Gasteiger partial charge in [-0.1, -0.05) is 97.1 Å². The van der Waals surface area contributed by atoms with Crippen molar-refractivity contribution in [3.05, 3.63) is 138 Å². The van der Waals surface area contributed by atoms with Crippen LogP contribution in [0.15, 0.2) is 121 Å². The highest BCUT2D eigenvalue weighted by Gasteiger charge is 2.51. The molecule has 0 bridgehead atoms. The van der Waals surface area contributed by atoms with Gasteiger partial charge in [-0.2, -0.15) is 0 Å². The maximum absolute atomic E-state index is 12.9. The van der Waals surface area contributed by atoms with E-state index in [0.717, 1.165) is 29.7 Å². The van der Waals surface area contributed by atoms with Gasteiger partial charge in [-0.3, -0.25) is 4.79 Å². The first-order chi connectivity index (χ1) is 17.6. The Kier molecular flexibility index (Phi) is 6.84. The van der Waals surface area contributed by atoms with Gasteiger partial charge in [0.2, 0.25) is 0 Å². The van der Waals surface area contributed by atoms with Gasteiger partial charge in [0.15, 0.2) is 0 Å². The van der Waals surface area contributed by atoms with Crippen LogP contribution in [-0.2, 0) is 6.42 Å². The molecule has 3 nitrogen and oxygen atoms in total. The summed E-state index contributed by atoms with van der Waals surface area (Å²) in [4.78, 5) is 12.9. The molecule has 1 aliphatic carbocycles. The molecule has 0 heterocycles. The Balaban J connectivity index is 0.00000280. The molecule has 37 heavy (non-hydrogen) atoms. The molecule has 5 aromatic rings. The highest BCUT2D eigenvalue weighted by atomic mass is 35.5. The first kappa shape index (κ1) is 24.8. The smallest absolute Gasteiger partial charge is 0.255 e. The highest BCUT2D eigenvalue weighted by molar-refractivity contribution is 6.05. The lowest BCUT2D eigenvalue weighted by atomic mass is 9.97. The Morgan fingerprint density at radius 3 is 2.24 bits per heavy atom. The fraction of sp³-hybridized carbons (Fsp3) is 0.121. The zero-order valence-electron chi connectivity index (χ0n) is 20.4. The number of benzene rings is 5. The number of rotatable bonds is 6. The summed E-state index contributed by atoms with van der Waals surface area (Å²) in [6, 6.07) is 41.0. The van der Waals surface area contributed by atoms with Gasteiger partial charge in [0.1, 0.15) is 0 Å². The second kappa shape index (κ2) is 10.2. The molecule has 1 saturated carbocycles. The Hall–Kier alpha value is -3.92. The van der Waals surface area contributed by atoms with Crippen molar-refractivity contribution in [3.63, 3.8) is 0 Å². The second-order valence-corrected chi connectivity index (χ2v) is 9.87. The molecule has 2 atom stereocenters. The van der Waals surface area contributed by atoms with Crippen LogP contribution in [0.25, 0.3) is 21.9 Å². The van der Waals surface area contributed by atoms with E-state index in [4.69, 9.17) is 5.73 Å². The normalized spacial score (nSPS) is 18.1. The molecule has 1 amide bonds. The minimum absolute atomic E-state index is 0. The van der Waals surface area contributed by atoms with E-state index in [-0.39, 0.29) is 23.9 Å². The fourth-order valence-corrected chi connectivity index (χ4v) is 5.17. The molecule has 0 saturated heterocycles. The molecule has 0 radical (unpaired) electrons. The van der Waals surface area contributed by atoms with Crippen molar-refractivity contribution < 1.29 is 4.79 Å². The van der Waals surface area contributed by atoms with Crippen LogP contribution in [0.2, 0.25) is 0 Å². The van der Waals surface area contributed by atoms with Crippen LogP contribution in [0, 0.1) is 0 Å². The molecule has 6 rings (SSSR count). The van der Waals surface area contributed by atoms with Gasteiger partial charge in [-0.05, 0) is 70.1 Å². The van der Waals surface area contributed by atoms with Gasteiger partial charge in [0, 0.05) is 22.7 Å². The van der Waals surface area contributed by atoms with E-state index in [9.17, 15) is 4.79 Å². The molecule has 1 aliphatic rings. The molecular weight excluding hydrogens is 476 g/mol. The average molecular weight is 505 g/mol. The molecule has 0 aromatic heterocycles. The summed E-state index contributed by atoms with van der Waals surface area (Å²) in [6.45, 7) is 0. The monoisotopic (exact) mass is 504 g/mol. The van der Waals surface area contributed by atoms with E-state index in [1.54, 1.807) is 0 Å². The molecule has 0 unspecified atom stereocenters.